The standard InChI is InChI=1S/C15H16F6N2O2/c1-8(2)9(3)23-25-7-13(24)22-12-5-10(14(16,17)18)4-11(6-12)15(19,20)21/h4-6,8H,7H2,1-3H3,(H,22,24)/b23-9+. The molecule has 0 aliphatic carbocycles. The molecular weight excluding hydrogens is 354 g/mol. The Labute approximate surface area is 139 Å². The zero-order valence-corrected chi connectivity index (χ0v) is 13.5. The second-order valence-electron chi connectivity index (χ2n) is 5.50. The Morgan fingerprint density at radius 1 is 1.08 bits per heavy atom. The lowest BCUT2D eigenvalue weighted by Crippen LogP contribution is -2.19. The molecule has 0 atom stereocenters. The molecule has 0 saturated carbocycles. The van der Waals surface area contributed by atoms with Gasteiger partial charge in [0.2, 0.25) is 0 Å². The van der Waals surface area contributed by atoms with Gasteiger partial charge in [-0.1, -0.05) is 19.0 Å². The number of rotatable bonds is 5. The smallest absolute Gasteiger partial charge is 0.386 e. The van der Waals surface area contributed by atoms with E-state index in [9.17, 15) is 31.1 Å². The van der Waals surface area contributed by atoms with Crippen molar-refractivity contribution in [3.05, 3.63) is 29.3 Å². The number of nitrogens with one attached hydrogen (secondary N) is 1. The van der Waals surface area contributed by atoms with E-state index in [1.165, 1.54) is 0 Å². The average Bonchev–Trinajstić information content (AvgIpc) is 2.44. The van der Waals surface area contributed by atoms with Gasteiger partial charge in [0.15, 0.2) is 6.61 Å². The molecule has 0 aliphatic heterocycles. The topological polar surface area (TPSA) is 50.7 Å². The highest BCUT2D eigenvalue weighted by atomic mass is 19.4. The van der Waals surface area contributed by atoms with Gasteiger partial charge in [0, 0.05) is 5.69 Å². The van der Waals surface area contributed by atoms with Crippen LogP contribution in [0.1, 0.15) is 31.9 Å². The Balaban J connectivity index is 2.94. The van der Waals surface area contributed by atoms with Gasteiger partial charge >= 0.3 is 12.4 Å². The third-order valence-electron chi connectivity index (χ3n) is 3.11. The summed E-state index contributed by atoms with van der Waals surface area (Å²) in [7, 11) is 0. The molecule has 1 aromatic rings. The van der Waals surface area contributed by atoms with Crippen LogP contribution in [-0.4, -0.2) is 18.2 Å². The largest absolute Gasteiger partial charge is 0.416 e. The number of amides is 1. The number of carbonyl (C=O) groups is 1. The number of anilines is 1. The van der Waals surface area contributed by atoms with Gasteiger partial charge in [-0.2, -0.15) is 26.3 Å². The van der Waals surface area contributed by atoms with E-state index in [4.69, 9.17) is 4.84 Å². The SMILES string of the molecule is C/C(=N\OCC(=O)Nc1cc(C(F)(F)F)cc(C(F)(F)F)c1)C(C)C. The van der Waals surface area contributed by atoms with Crippen LogP contribution in [0.25, 0.3) is 0 Å². The molecule has 4 nitrogen and oxygen atoms in total. The molecule has 1 amide bonds. The second-order valence-corrected chi connectivity index (χ2v) is 5.50. The highest BCUT2D eigenvalue weighted by Crippen LogP contribution is 2.37. The minimum atomic E-state index is -4.99. The number of hydrogen-bond acceptors (Lipinski definition) is 3. The summed E-state index contributed by atoms with van der Waals surface area (Å²) in [6.07, 6.45) is -9.98. The van der Waals surface area contributed by atoms with Gasteiger partial charge in [-0.05, 0) is 31.0 Å². The van der Waals surface area contributed by atoms with E-state index in [0.717, 1.165) is 0 Å². The first kappa shape index (κ1) is 20.8. The molecule has 0 fully saturated rings. The van der Waals surface area contributed by atoms with Crippen molar-refractivity contribution >= 4 is 17.3 Å². The predicted molar refractivity (Wildman–Crippen MR) is 79.0 cm³/mol. The maximum Gasteiger partial charge on any atom is 0.416 e. The monoisotopic (exact) mass is 370 g/mol. The summed E-state index contributed by atoms with van der Waals surface area (Å²) in [6.45, 7) is 4.64. The van der Waals surface area contributed by atoms with Gasteiger partial charge in [0.1, 0.15) is 0 Å². The lowest BCUT2D eigenvalue weighted by Gasteiger charge is -2.14. The fourth-order valence-electron chi connectivity index (χ4n) is 1.52. The van der Waals surface area contributed by atoms with Gasteiger partial charge in [-0.15, -0.1) is 0 Å². The first-order valence-corrected chi connectivity index (χ1v) is 7.06. The quantitative estimate of drug-likeness (QED) is 0.464. The van der Waals surface area contributed by atoms with Crippen LogP contribution in [0.15, 0.2) is 23.4 Å². The molecule has 0 spiro atoms. The van der Waals surface area contributed by atoms with Crippen molar-refractivity contribution in [2.45, 2.75) is 33.1 Å². The van der Waals surface area contributed by atoms with Crippen molar-refractivity contribution in [1.29, 1.82) is 0 Å². The van der Waals surface area contributed by atoms with Crippen molar-refractivity contribution in [3.8, 4) is 0 Å². The molecule has 0 radical (unpaired) electrons. The molecule has 0 unspecified atom stereocenters. The fourth-order valence-corrected chi connectivity index (χ4v) is 1.52. The molecule has 0 heterocycles. The van der Waals surface area contributed by atoms with Crippen LogP contribution >= 0.6 is 0 Å². The summed E-state index contributed by atoms with van der Waals surface area (Å²) in [4.78, 5) is 16.3. The molecule has 10 heteroatoms. The lowest BCUT2D eigenvalue weighted by atomic mass is 10.1. The maximum absolute atomic E-state index is 12.7. The fraction of sp³-hybridized carbons (Fsp3) is 0.467. The number of oxime groups is 1. The normalized spacial score (nSPS) is 13.1. The van der Waals surface area contributed by atoms with Gasteiger partial charge in [0.05, 0.1) is 16.8 Å². The zero-order chi connectivity index (χ0) is 19.4. The highest BCUT2D eigenvalue weighted by Gasteiger charge is 2.37. The molecule has 25 heavy (non-hydrogen) atoms. The first-order chi connectivity index (χ1) is 11.3. The van der Waals surface area contributed by atoms with E-state index in [0.29, 0.717) is 17.8 Å². The molecule has 1 aromatic carbocycles. The Bertz CT molecular complexity index is 618. The van der Waals surface area contributed by atoms with Crippen molar-refractivity contribution in [2.75, 3.05) is 11.9 Å². The van der Waals surface area contributed by atoms with Crippen LogP contribution in [0.5, 0.6) is 0 Å². The van der Waals surface area contributed by atoms with Crippen molar-refractivity contribution in [1.82, 2.24) is 0 Å². The zero-order valence-electron chi connectivity index (χ0n) is 13.5. The first-order valence-electron chi connectivity index (χ1n) is 7.06. The van der Waals surface area contributed by atoms with Gasteiger partial charge in [0.25, 0.3) is 5.91 Å². The molecule has 0 bridgehead atoms. The minimum Gasteiger partial charge on any atom is -0.386 e. The number of hydrogen-bond donors (Lipinski definition) is 1. The lowest BCUT2D eigenvalue weighted by molar-refractivity contribution is -0.143. The van der Waals surface area contributed by atoms with Crippen LogP contribution < -0.4 is 5.32 Å². The number of halogens is 6. The van der Waals surface area contributed by atoms with Crippen LogP contribution in [0, 0.1) is 5.92 Å². The molecular formula is C15H16F6N2O2. The van der Waals surface area contributed by atoms with E-state index in [1.807, 2.05) is 19.2 Å². The number of benzene rings is 1. The Morgan fingerprint density at radius 2 is 1.56 bits per heavy atom. The molecule has 0 saturated heterocycles. The minimum absolute atomic E-state index is 0.0254. The van der Waals surface area contributed by atoms with Crippen LogP contribution in [-0.2, 0) is 22.0 Å². The summed E-state index contributed by atoms with van der Waals surface area (Å²) >= 11 is 0. The molecule has 0 aliphatic rings. The number of nitrogens with zero attached hydrogens (tertiary/aromatic N) is 1. The molecule has 0 aromatic heterocycles. The van der Waals surface area contributed by atoms with Crippen molar-refractivity contribution in [2.24, 2.45) is 11.1 Å². The highest BCUT2D eigenvalue weighted by molar-refractivity contribution is 5.92. The van der Waals surface area contributed by atoms with E-state index in [2.05, 4.69) is 5.16 Å². The Kier molecular flexibility index (Phi) is 6.44. The summed E-state index contributed by atoms with van der Waals surface area (Å²) in [6, 6.07) is 0.800. The molecule has 1 rings (SSSR count). The molecule has 1 N–H and O–H groups in total. The van der Waals surface area contributed by atoms with Gasteiger partial charge in [-0.25, -0.2) is 0 Å². The van der Waals surface area contributed by atoms with Crippen molar-refractivity contribution < 1.29 is 36.0 Å². The van der Waals surface area contributed by atoms with Crippen LogP contribution in [0.3, 0.4) is 0 Å². The Hall–Kier alpha value is -2.26. The third-order valence-corrected chi connectivity index (χ3v) is 3.11. The Morgan fingerprint density at radius 3 is 1.96 bits per heavy atom. The summed E-state index contributed by atoms with van der Waals surface area (Å²) in [5.41, 5.74) is -3.11. The van der Waals surface area contributed by atoms with Crippen LogP contribution in [0.2, 0.25) is 0 Å². The predicted octanol–water partition coefficient (Wildman–Crippen LogP) is 4.71. The van der Waals surface area contributed by atoms with Gasteiger partial charge < -0.3 is 10.2 Å². The summed E-state index contributed by atoms with van der Waals surface area (Å²) in [5.74, 6) is -0.881. The number of carbonyl (C=O) groups excluding carboxylic acids is 1. The second kappa shape index (κ2) is 7.75. The van der Waals surface area contributed by atoms with E-state index >= 15 is 0 Å². The molecule has 140 valence electrons. The van der Waals surface area contributed by atoms with Gasteiger partial charge in [-0.3, -0.25) is 4.79 Å². The maximum atomic E-state index is 12.7. The average molecular weight is 370 g/mol. The summed E-state index contributed by atoms with van der Waals surface area (Å²) in [5, 5.41) is 5.55. The van der Waals surface area contributed by atoms with E-state index in [-0.39, 0.29) is 12.0 Å². The van der Waals surface area contributed by atoms with E-state index in [1.54, 1.807) is 6.92 Å². The third kappa shape index (κ3) is 6.63. The van der Waals surface area contributed by atoms with Crippen LogP contribution in [0.4, 0.5) is 32.0 Å². The van der Waals surface area contributed by atoms with Crippen molar-refractivity contribution in [3.63, 3.8) is 0 Å². The number of alkyl halides is 6. The van der Waals surface area contributed by atoms with E-state index < -0.39 is 41.7 Å². The summed E-state index contributed by atoms with van der Waals surface area (Å²) < 4.78 is 76.3.